The molecule has 7 nitrogen and oxygen atoms in total. The lowest BCUT2D eigenvalue weighted by Gasteiger charge is -2.30. The van der Waals surface area contributed by atoms with E-state index in [1.165, 1.54) is 6.92 Å². The van der Waals surface area contributed by atoms with E-state index in [1.807, 2.05) is 0 Å². The first-order valence-electron chi connectivity index (χ1n) is 5.20. The van der Waals surface area contributed by atoms with Crippen LogP contribution in [0.1, 0.15) is 13.8 Å². The molecule has 0 saturated heterocycles. The van der Waals surface area contributed by atoms with Crippen LogP contribution in [0, 0.1) is 0 Å². The molecule has 11 heteroatoms. The predicted octanol–water partition coefficient (Wildman–Crippen LogP) is 1.02. The third kappa shape index (κ3) is 3.54. The molecule has 20 heavy (non-hydrogen) atoms. The first-order valence-corrected chi connectivity index (χ1v) is 6.61. The molecule has 1 aliphatic rings. The van der Waals surface area contributed by atoms with Gasteiger partial charge in [-0.1, -0.05) is 0 Å². The maximum absolute atomic E-state index is 12.1. The Morgan fingerprint density at radius 1 is 1.50 bits per heavy atom. The second-order valence-electron chi connectivity index (χ2n) is 3.64. The topological polar surface area (TPSA) is 88.1 Å². The molecule has 0 spiro atoms. The summed E-state index contributed by atoms with van der Waals surface area (Å²) in [5.74, 6) is -3.52. The van der Waals surface area contributed by atoms with Crippen LogP contribution in [0.25, 0.3) is 0 Å². The van der Waals surface area contributed by atoms with Crippen molar-refractivity contribution < 1.29 is 44.8 Å². The van der Waals surface area contributed by atoms with Gasteiger partial charge in [0.25, 0.3) is 0 Å². The van der Waals surface area contributed by atoms with Gasteiger partial charge < -0.3 is 18.4 Å². The molecule has 0 aromatic carbocycles. The highest BCUT2D eigenvalue weighted by Gasteiger charge is 2.50. The molecule has 0 fully saturated rings. The Balaban J connectivity index is 2.77. The van der Waals surface area contributed by atoms with Gasteiger partial charge in [-0.25, -0.2) is 4.79 Å². The van der Waals surface area contributed by atoms with Gasteiger partial charge in [-0.2, -0.15) is 21.6 Å². The van der Waals surface area contributed by atoms with Gasteiger partial charge in [0.1, 0.15) is 12.9 Å². The summed E-state index contributed by atoms with van der Waals surface area (Å²) in [6, 6.07) is 0. The number of carbonyl (C=O) groups is 1. The van der Waals surface area contributed by atoms with E-state index in [1.54, 1.807) is 0 Å². The molecule has 1 atom stereocenters. The second-order valence-corrected chi connectivity index (χ2v) is 5.18. The Morgan fingerprint density at radius 2 is 2.10 bits per heavy atom. The number of alkyl halides is 3. The number of ether oxygens (including phenoxy) is 3. The van der Waals surface area contributed by atoms with E-state index in [0.29, 0.717) is 6.26 Å². The zero-order valence-corrected chi connectivity index (χ0v) is 11.2. The number of esters is 1. The summed E-state index contributed by atoms with van der Waals surface area (Å²) in [7, 11) is -5.81. The Kier molecular flexibility index (Phi) is 4.54. The highest BCUT2D eigenvalue weighted by atomic mass is 32.2. The summed E-state index contributed by atoms with van der Waals surface area (Å²) in [5, 5.41) is 0. The SMILES string of the molecule is CCOC(=O)[C@@]1(C)OC=C(OS(=O)(=O)C(F)(F)F)CO1. The smallest absolute Gasteiger partial charge is 0.461 e. The quantitative estimate of drug-likeness (QED) is 0.434. The van der Waals surface area contributed by atoms with Crippen LogP contribution < -0.4 is 0 Å². The van der Waals surface area contributed by atoms with Gasteiger partial charge in [-0.05, 0) is 6.92 Å². The van der Waals surface area contributed by atoms with Crippen molar-refractivity contribution >= 4 is 16.1 Å². The Bertz CT molecular complexity index is 510. The van der Waals surface area contributed by atoms with Gasteiger partial charge in [0.15, 0.2) is 5.76 Å². The van der Waals surface area contributed by atoms with Gasteiger partial charge >= 0.3 is 27.4 Å². The van der Waals surface area contributed by atoms with Crippen molar-refractivity contribution in [3.05, 3.63) is 12.0 Å². The van der Waals surface area contributed by atoms with Crippen molar-refractivity contribution in [2.75, 3.05) is 13.2 Å². The molecule has 0 unspecified atom stereocenters. The third-order valence-corrected chi connectivity index (χ3v) is 3.05. The summed E-state index contributed by atoms with van der Waals surface area (Å²) >= 11 is 0. The Labute approximate surface area is 112 Å². The van der Waals surface area contributed by atoms with E-state index in [-0.39, 0.29) is 6.61 Å². The van der Waals surface area contributed by atoms with Gasteiger partial charge in [0.05, 0.1) is 6.61 Å². The van der Waals surface area contributed by atoms with E-state index in [9.17, 15) is 26.4 Å². The van der Waals surface area contributed by atoms with E-state index in [4.69, 9.17) is 9.47 Å². The average molecular weight is 320 g/mol. The maximum atomic E-state index is 12.1. The highest BCUT2D eigenvalue weighted by molar-refractivity contribution is 7.87. The van der Waals surface area contributed by atoms with Crippen LogP contribution >= 0.6 is 0 Å². The molecule has 1 heterocycles. The molecule has 0 saturated carbocycles. The molecule has 116 valence electrons. The van der Waals surface area contributed by atoms with E-state index >= 15 is 0 Å². The monoisotopic (exact) mass is 320 g/mol. The molecule has 0 bridgehead atoms. The minimum Gasteiger partial charge on any atom is -0.461 e. The average Bonchev–Trinajstić information content (AvgIpc) is 2.31. The number of hydrogen-bond donors (Lipinski definition) is 0. The molecule has 1 aliphatic heterocycles. The molecule has 0 aliphatic carbocycles. The Morgan fingerprint density at radius 3 is 2.50 bits per heavy atom. The molecule has 0 aromatic heterocycles. The van der Waals surface area contributed by atoms with Crippen molar-refractivity contribution in [3.63, 3.8) is 0 Å². The van der Waals surface area contributed by atoms with E-state index in [2.05, 4.69) is 8.92 Å². The fourth-order valence-corrected chi connectivity index (χ4v) is 1.52. The summed E-state index contributed by atoms with van der Waals surface area (Å²) in [5.41, 5.74) is -5.57. The second kappa shape index (κ2) is 5.48. The first-order chi connectivity index (χ1) is 9.02. The van der Waals surface area contributed by atoms with Gasteiger partial charge in [-0.3, -0.25) is 0 Å². The molecule has 0 aromatic rings. The molecule has 0 amide bonds. The normalized spacial score (nSPS) is 23.6. The van der Waals surface area contributed by atoms with Gasteiger partial charge in [0.2, 0.25) is 0 Å². The fourth-order valence-electron chi connectivity index (χ4n) is 1.06. The van der Waals surface area contributed by atoms with Crippen molar-refractivity contribution in [1.29, 1.82) is 0 Å². The minimum atomic E-state index is -5.81. The molecule has 0 radical (unpaired) electrons. The van der Waals surface area contributed by atoms with Crippen molar-refractivity contribution in [3.8, 4) is 0 Å². The van der Waals surface area contributed by atoms with Crippen LogP contribution in [-0.4, -0.2) is 38.9 Å². The van der Waals surface area contributed by atoms with Crippen molar-refractivity contribution in [2.45, 2.75) is 25.1 Å². The third-order valence-electron chi connectivity index (χ3n) is 2.05. The fraction of sp³-hybridized carbons (Fsp3) is 0.667. The van der Waals surface area contributed by atoms with Crippen LogP contribution in [0.5, 0.6) is 0 Å². The summed E-state index contributed by atoms with van der Waals surface area (Å²) in [6.45, 7) is 2.03. The number of hydrogen-bond acceptors (Lipinski definition) is 7. The Hall–Kier alpha value is -1.49. The lowest BCUT2D eigenvalue weighted by Crippen LogP contribution is -2.44. The van der Waals surface area contributed by atoms with Crippen LogP contribution in [0.15, 0.2) is 12.0 Å². The van der Waals surface area contributed by atoms with Crippen LogP contribution in [0.4, 0.5) is 13.2 Å². The van der Waals surface area contributed by atoms with Crippen LogP contribution in [0.2, 0.25) is 0 Å². The molecule has 1 rings (SSSR count). The van der Waals surface area contributed by atoms with Crippen molar-refractivity contribution in [2.24, 2.45) is 0 Å². The molecular weight excluding hydrogens is 309 g/mol. The zero-order chi connectivity index (χ0) is 15.6. The van der Waals surface area contributed by atoms with E-state index in [0.717, 1.165) is 6.92 Å². The number of rotatable bonds is 4. The number of carbonyl (C=O) groups excluding carboxylic acids is 1. The molecular formula is C9H11F3O7S. The highest BCUT2D eigenvalue weighted by Crippen LogP contribution is 2.29. The first kappa shape index (κ1) is 16.6. The summed E-state index contributed by atoms with van der Waals surface area (Å²) in [4.78, 5) is 11.4. The predicted molar refractivity (Wildman–Crippen MR) is 56.2 cm³/mol. The van der Waals surface area contributed by atoms with Crippen LogP contribution in [0.3, 0.4) is 0 Å². The largest absolute Gasteiger partial charge is 0.534 e. The molecule has 0 N–H and O–H groups in total. The standard InChI is InChI=1S/C9H11F3O7S/c1-3-16-7(13)8(2)17-4-6(5-18-8)19-20(14,15)9(10,11)12/h4H,3,5H2,1-2H3/t8-/m0/s1. The lowest BCUT2D eigenvalue weighted by atomic mass is 10.3. The van der Waals surface area contributed by atoms with Gasteiger partial charge in [0, 0.05) is 6.92 Å². The number of halogens is 3. The lowest BCUT2D eigenvalue weighted by molar-refractivity contribution is -0.230. The van der Waals surface area contributed by atoms with Crippen LogP contribution in [-0.2, 0) is 33.3 Å². The minimum absolute atomic E-state index is 0.0384. The summed E-state index contributed by atoms with van der Waals surface area (Å²) < 4.78 is 75.6. The van der Waals surface area contributed by atoms with E-state index < -0.39 is 39.7 Å². The van der Waals surface area contributed by atoms with Gasteiger partial charge in [-0.15, -0.1) is 0 Å². The summed E-state index contributed by atoms with van der Waals surface area (Å²) in [6.07, 6.45) is 0.559. The maximum Gasteiger partial charge on any atom is 0.534 e. The van der Waals surface area contributed by atoms with Crippen molar-refractivity contribution in [1.82, 2.24) is 0 Å². The zero-order valence-electron chi connectivity index (χ0n) is 10.4.